The summed E-state index contributed by atoms with van der Waals surface area (Å²) in [6.07, 6.45) is 6.81. The fourth-order valence-electron chi connectivity index (χ4n) is 2.45. The van der Waals surface area contributed by atoms with Crippen molar-refractivity contribution < 1.29 is 34.5 Å². The summed E-state index contributed by atoms with van der Waals surface area (Å²) in [4.78, 5) is 44.2. The van der Waals surface area contributed by atoms with Crippen LogP contribution in [0.25, 0.3) is 0 Å². The molecular weight excluding hydrogens is 476 g/mol. The van der Waals surface area contributed by atoms with Gasteiger partial charge in [-0.1, -0.05) is 81.6 Å². The van der Waals surface area contributed by atoms with Crippen LogP contribution in [0.4, 0.5) is 0 Å². The molecule has 0 aromatic rings. The number of rotatable bonds is 16. The first kappa shape index (κ1) is 45.0. The van der Waals surface area contributed by atoms with Gasteiger partial charge in [-0.3, -0.25) is 24.2 Å². The molecule has 0 radical (unpaired) electrons. The predicted molar refractivity (Wildman–Crippen MR) is 153 cm³/mol. The minimum Gasteiger partial charge on any atom is -0.481 e. The number of unbranched alkanes of at least 4 members (excludes halogenated alkanes) is 1. The van der Waals surface area contributed by atoms with Crippen LogP contribution in [0.1, 0.15) is 114 Å². The summed E-state index contributed by atoms with van der Waals surface area (Å²) in [5.74, 6) is -1.28. The van der Waals surface area contributed by atoms with Gasteiger partial charge in [0.2, 0.25) is 0 Å². The maximum absolute atomic E-state index is 10.7. The highest BCUT2D eigenvalue weighted by molar-refractivity contribution is 5.74. The Hall–Kier alpha value is -2.00. The topological polar surface area (TPSA) is 135 Å². The molecule has 0 aliphatic rings. The lowest BCUT2D eigenvalue weighted by atomic mass is 10.1. The maximum Gasteiger partial charge on any atom is 0.317 e. The highest BCUT2D eigenvalue weighted by atomic mass is 16.4. The summed E-state index contributed by atoms with van der Waals surface area (Å²) in [6.45, 7) is 22.5. The third-order valence-electron chi connectivity index (χ3n) is 4.47. The second-order valence-corrected chi connectivity index (χ2v) is 8.68. The normalized spacial score (nSPS) is 9.54. The van der Waals surface area contributed by atoms with Crippen molar-refractivity contribution in [2.45, 2.75) is 114 Å². The number of ketones is 1. The van der Waals surface area contributed by atoms with Gasteiger partial charge in [0, 0.05) is 25.9 Å². The summed E-state index contributed by atoms with van der Waals surface area (Å²) in [6, 6.07) is 0. The van der Waals surface area contributed by atoms with Crippen molar-refractivity contribution in [2.24, 2.45) is 5.92 Å². The molecule has 0 amide bonds. The molecule has 9 nitrogen and oxygen atoms in total. The SMILES string of the molecule is CC.CCC(=O)O.CCC(C)=O.CCCCC(C)C.CCCN(CCN(CCC)CC(=O)O)CC(=O)O. The summed E-state index contributed by atoms with van der Waals surface area (Å²) < 4.78 is 0. The van der Waals surface area contributed by atoms with E-state index in [4.69, 9.17) is 15.3 Å². The zero-order valence-corrected chi connectivity index (χ0v) is 25.6. The Morgan fingerprint density at radius 3 is 1.08 bits per heavy atom. The Kier molecular flexibility index (Phi) is 43.9. The molecule has 0 rings (SSSR count). The smallest absolute Gasteiger partial charge is 0.317 e. The molecule has 0 aliphatic heterocycles. The number of carbonyl (C=O) groups is 4. The van der Waals surface area contributed by atoms with E-state index in [0.29, 0.717) is 19.5 Å². The minimum atomic E-state index is -0.844. The van der Waals surface area contributed by atoms with E-state index in [1.807, 2.05) is 44.4 Å². The number of Topliss-reactive ketones (excluding diaryl/α,β-unsaturated/α-hetero) is 1. The van der Waals surface area contributed by atoms with Gasteiger partial charge in [0.15, 0.2) is 0 Å². The first-order valence-electron chi connectivity index (χ1n) is 13.9. The van der Waals surface area contributed by atoms with Crippen LogP contribution in [0.15, 0.2) is 0 Å². The maximum atomic E-state index is 10.7. The molecule has 0 unspecified atom stereocenters. The van der Waals surface area contributed by atoms with Crippen LogP contribution >= 0.6 is 0 Å². The van der Waals surface area contributed by atoms with Gasteiger partial charge >= 0.3 is 17.9 Å². The van der Waals surface area contributed by atoms with E-state index in [-0.39, 0.29) is 25.3 Å². The summed E-state index contributed by atoms with van der Waals surface area (Å²) in [7, 11) is 0. The molecule has 0 aromatic carbocycles. The van der Waals surface area contributed by atoms with Crippen LogP contribution < -0.4 is 0 Å². The van der Waals surface area contributed by atoms with Gasteiger partial charge in [-0.15, -0.1) is 0 Å². The average molecular weight is 537 g/mol. The summed E-state index contributed by atoms with van der Waals surface area (Å²) in [5, 5.41) is 25.3. The molecule has 0 aliphatic carbocycles. The number of hydrogen-bond donors (Lipinski definition) is 3. The van der Waals surface area contributed by atoms with E-state index >= 15 is 0 Å². The third-order valence-corrected chi connectivity index (χ3v) is 4.47. The Balaban J connectivity index is -0.000000146. The molecule has 0 spiro atoms. The van der Waals surface area contributed by atoms with E-state index in [2.05, 4.69) is 20.8 Å². The molecule has 0 bridgehead atoms. The quantitative estimate of drug-likeness (QED) is 0.220. The van der Waals surface area contributed by atoms with Crippen molar-refractivity contribution in [3.63, 3.8) is 0 Å². The highest BCUT2D eigenvalue weighted by Gasteiger charge is 2.13. The zero-order chi connectivity index (χ0) is 30.2. The first-order valence-corrected chi connectivity index (χ1v) is 13.9. The zero-order valence-electron chi connectivity index (χ0n) is 25.6. The number of carboxylic acid groups (broad SMARTS) is 3. The first-order chi connectivity index (χ1) is 17.3. The molecule has 0 fully saturated rings. The van der Waals surface area contributed by atoms with Gasteiger partial charge in [-0.05, 0) is 38.8 Å². The molecule has 0 saturated heterocycles. The predicted octanol–water partition coefficient (Wildman–Crippen LogP) is 5.90. The van der Waals surface area contributed by atoms with Gasteiger partial charge in [-0.25, -0.2) is 0 Å². The van der Waals surface area contributed by atoms with Crippen molar-refractivity contribution in [1.82, 2.24) is 9.80 Å². The molecule has 224 valence electrons. The van der Waals surface area contributed by atoms with Gasteiger partial charge in [0.05, 0.1) is 13.1 Å². The summed E-state index contributed by atoms with van der Waals surface area (Å²) >= 11 is 0. The fraction of sp³-hybridized carbons (Fsp3) is 0.857. The molecule has 0 aromatic heterocycles. The van der Waals surface area contributed by atoms with Crippen LogP contribution in [-0.4, -0.2) is 88.1 Å². The summed E-state index contributed by atoms with van der Waals surface area (Å²) in [5.41, 5.74) is 0. The fourth-order valence-corrected chi connectivity index (χ4v) is 2.45. The van der Waals surface area contributed by atoms with Crippen molar-refractivity contribution in [3.8, 4) is 0 Å². The highest BCUT2D eigenvalue weighted by Crippen LogP contribution is 2.04. The number of carbonyl (C=O) groups excluding carboxylic acids is 1. The van der Waals surface area contributed by atoms with Gasteiger partial charge < -0.3 is 20.1 Å². The lowest BCUT2D eigenvalue weighted by Gasteiger charge is -2.25. The number of nitrogens with zero attached hydrogens (tertiary/aromatic N) is 2. The molecule has 0 saturated carbocycles. The van der Waals surface area contributed by atoms with Gasteiger partial charge in [-0.2, -0.15) is 0 Å². The van der Waals surface area contributed by atoms with Crippen molar-refractivity contribution in [1.29, 1.82) is 0 Å². The van der Waals surface area contributed by atoms with E-state index in [0.717, 1.165) is 31.8 Å². The minimum absolute atomic E-state index is 0.0148. The van der Waals surface area contributed by atoms with Crippen LogP contribution in [0.2, 0.25) is 0 Å². The second kappa shape index (κ2) is 36.2. The van der Waals surface area contributed by atoms with Crippen molar-refractivity contribution >= 4 is 23.7 Å². The van der Waals surface area contributed by atoms with Crippen LogP contribution in [0.3, 0.4) is 0 Å². The van der Waals surface area contributed by atoms with E-state index < -0.39 is 17.9 Å². The number of aliphatic carboxylic acids is 3. The lowest BCUT2D eigenvalue weighted by Crippen LogP contribution is -2.40. The molecule has 37 heavy (non-hydrogen) atoms. The third kappa shape index (κ3) is 55.7. The Morgan fingerprint density at radius 1 is 0.622 bits per heavy atom. The lowest BCUT2D eigenvalue weighted by molar-refractivity contribution is -0.140. The molecule has 3 N–H and O–H groups in total. The monoisotopic (exact) mass is 536 g/mol. The average Bonchev–Trinajstić information content (AvgIpc) is 2.83. The van der Waals surface area contributed by atoms with Crippen LogP contribution in [-0.2, 0) is 19.2 Å². The van der Waals surface area contributed by atoms with Crippen LogP contribution in [0.5, 0.6) is 0 Å². The Morgan fingerprint density at radius 2 is 0.946 bits per heavy atom. The molecular formula is C28H60N2O7. The number of carboxylic acids is 3. The van der Waals surface area contributed by atoms with Gasteiger partial charge in [0.1, 0.15) is 5.78 Å². The van der Waals surface area contributed by atoms with E-state index in [9.17, 15) is 19.2 Å². The Bertz CT molecular complexity index is 487. The molecule has 9 heteroatoms. The molecule has 0 heterocycles. The largest absolute Gasteiger partial charge is 0.481 e. The van der Waals surface area contributed by atoms with Crippen LogP contribution in [0, 0.1) is 5.92 Å². The standard InChI is InChI=1S/C12H24N2O4.C7H16.C4H8O.C3H6O2.C2H6/c1-3-5-13(9-11(15)16)7-8-14(6-4-2)10-12(17)18;1-4-5-6-7(2)3;1-3-4(2)5;1-2-3(4)5;1-2/h3-10H2,1-2H3,(H,15,16)(H,17,18);7H,4-6H2,1-3H3;3H2,1-2H3;2H2,1H3,(H,4,5);1-2H3. The van der Waals surface area contributed by atoms with E-state index in [1.165, 1.54) is 19.3 Å². The second-order valence-electron chi connectivity index (χ2n) is 8.68. The van der Waals surface area contributed by atoms with Crippen molar-refractivity contribution in [2.75, 3.05) is 39.3 Å². The van der Waals surface area contributed by atoms with Crippen molar-refractivity contribution in [3.05, 3.63) is 0 Å². The van der Waals surface area contributed by atoms with E-state index in [1.54, 1.807) is 13.8 Å². The molecule has 0 atom stereocenters. The van der Waals surface area contributed by atoms with Gasteiger partial charge in [0.25, 0.3) is 0 Å². The Labute approximate surface area is 227 Å². The number of hydrogen-bond acceptors (Lipinski definition) is 6.